The molecule has 0 heterocycles. The third-order valence-electron chi connectivity index (χ3n) is 2.67. The molecule has 0 aliphatic rings. The van der Waals surface area contributed by atoms with Crippen LogP contribution in [0.25, 0.3) is 0 Å². The largest absolute Gasteiger partial charge is 0.388 e. The quantitative estimate of drug-likeness (QED) is 0.169. The third-order valence-corrected chi connectivity index (χ3v) is 2.67. The van der Waals surface area contributed by atoms with Gasteiger partial charge in [0, 0.05) is 41.0 Å². The maximum atomic E-state index is 9.63. The summed E-state index contributed by atoms with van der Waals surface area (Å²) < 4.78 is 79.5. The highest BCUT2D eigenvalue weighted by molar-refractivity contribution is 7.89. The van der Waals surface area contributed by atoms with Crippen LogP contribution in [0.3, 0.4) is 0 Å². The van der Waals surface area contributed by atoms with E-state index in [1.54, 1.807) is 28.4 Å². The van der Waals surface area contributed by atoms with Gasteiger partial charge in [0.1, 0.15) is 9.84 Å². The van der Waals surface area contributed by atoms with Crippen molar-refractivity contribution < 1.29 is 43.8 Å². The Balaban J connectivity index is -0.0000000807. The van der Waals surface area contributed by atoms with Gasteiger partial charge in [0.15, 0.2) is 0 Å². The van der Waals surface area contributed by atoms with Gasteiger partial charge in [-0.05, 0) is 0 Å². The zero-order valence-electron chi connectivity index (χ0n) is 31.2. The molecule has 13 heteroatoms. The van der Waals surface area contributed by atoms with Crippen LogP contribution in [0.2, 0.25) is 0 Å². The second kappa shape index (κ2) is 51.4. The van der Waals surface area contributed by atoms with Gasteiger partial charge in [-0.25, -0.2) is 8.42 Å². The number of hydrogen-bond donors (Lipinski definition) is 2. The first-order chi connectivity index (χ1) is 22.8. The van der Waals surface area contributed by atoms with Crippen LogP contribution in [0, 0.1) is 0 Å². The summed E-state index contributed by atoms with van der Waals surface area (Å²) in [6.07, 6.45) is 3.75. The first kappa shape index (κ1) is 60.9. The van der Waals surface area contributed by atoms with Crippen LogP contribution < -0.4 is 0 Å². The topological polar surface area (TPSA) is 161 Å². The molecular weight excluding hydrogens is 689 g/mol. The summed E-state index contributed by atoms with van der Waals surface area (Å²) in [5.74, 6) is 0. The first-order valence-electron chi connectivity index (χ1n) is 14.6. The van der Waals surface area contributed by atoms with E-state index in [0.717, 1.165) is 12.5 Å². The molecule has 0 spiro atoms. The van der Waals surface area contributed by atoms with Gasteiger partial charge in [0.25, 0.3) is 20.2 Å². The predicted octanol–water partition coefficient (Wildman–Crippen LogP) is 7.99. The Bertz CT molecular complexity index is 1030. The second-order valence-electron chi connectivity index (χ2n) is 8.04. The molecule has 0 radical (unpaired) electrons. The van der Waals surface area contributed by atoms with Gasteiger partial charge in [0.05, 0.1) is 12.5 Å². The molecule has 49 heavy (non-hydrogen) atoms. The van der Waals surface area contributed by atoms with E-state index in [0.29, 0.717) is 12.5 Å². The zero-order valence-corrected chi connectivity index (χ0v) is 33.7. The summed E-state index contributed by atoms with van der Waals surface area (Å²) in [4.78, 5) is 0. The van der Waals surface area contributed by atoms with Crippen LogP contribution in [0.5, 0.6) is 0 Å². The maximum Gasteiger partial charge on any atom is 0.261 e. The number of rotatable bonds is 0. The van der Waals surface area contributed by atoms with E-state index < -0.39 is 30.1 Å². The fourth-order valence-electron chi connectivity index (χ4n) is 1.54. The molecule has 0 aromatic heterocycles. The third kappa shape index (κ3) is 191. The van der Waals surface area contributed by atoms with Crippen LogP contribution in [-0.2, 0) is 39.5 Å². The Morgan fingerprint density at radius 3 is 0.347 bits per heavy atom. The molecule has 4 aromatic carbocycles. The molecule has 0 saturated heterocycles. The molecule has 0 unspecified atom stereocenters. The second-order valence-corrected chi connectivity index (χ2v) is 13.3. The van der Waals surface area contributed by atoms with Crippen LogP contribution in [0.4, 0.5) is 0 Å². The molecule has 0 aliphatic heterocycles. The normalized spacial score (nSPS) is 8.45. The molecule has 0 saturated carbocycles. The van der Waals surface area contributed by atoms with E-state index in [9.17, 15) is 25.3 Å². The highest BCUT2D eigenvalue weighted by atomic mass is 32.2. The summed E-state index contributed by atoms with van der Waals surface area (Å²) in [6, 6.07) is 48.0. The van der Waals surface area contributed by atoms with Crippen LogP contribution in [0.1, 0.15) is 27.7 Å². The zero-order chi connectivity index (χ0) is 39.9. The standard InChI is InChI=1S/4C6H6.C2H6O2S.2C2H6O.2C2H6.2CH4O3S/c4*1-2-4-6-5-3-1;1-5(2,3)4;2*1-3-2;2*1-2;2*1-5(2,3)4/h4*1-6H;1-2H3;2*1-2H3;2*1-2H3;2*1H3,(H,2,3,4). The number of benzene rings is 4. The smallest absolute Gasteiger partial charge is 0.261 e. The SMILES string of the molecule is CC.CC.COC.COC.CS(=O)(=O)O.CS(=O)(=O)O.CS(C)(=O)=O.c1ccccc1.c1ccccc1.c1ccccc1.c1ccccc1. The van der Waals surface area contributed by atoms with Gasteiger partial charge < -0.3 is 9.47 Å². The number of hydrogen-bond acceptors (Lipinski definition) is 8. The van der Waals surface area contributed by atoms with E-state index >= 15 is 0 Å². The molecule has 0 bridgehead atoms. The van der Waals surface area contributed by atoms with Crippen LogP contribution in [-0.4, -0.2) is 87.8 Å². The summed E-state index contributed by atoms with van der Waals surface area (Å²) in [7, 11) is -3.50. The lowest BCUT2D eigenvalue weighted by Gasteiger charge is -1.69. The molecule has 0 atom stereocenters. The highest BCUT2D eigenvalue weighted by Gasteiger charge is 1.82. The maximum absolute atomic E-state index is 9.63. The highest BCUT2D eigenvalue weighted by Crippen LogP contribution is 1.81. The number of sulfone groups is 1. The van der Waals surface area contributed by atoms with Crippen LogP contribution in [0.15, 0.2) is 146 Å². The van der Waals surface area contributed by atoms with Gasteiger partial charge in [-0.3, -0.25) is 9.11 Å². The molecule has 2 N–H and O–H groups in total. The van der Waals surface area contributed by atoms with Crippen molar-refractivity contribution >= 4 is 30.1 Å². The van der Waals surface area contributed by atoms with Gasteiger partial charge in [-0.2, -0.15) is 16.8 Å². The summed E-state index contributed by atoms with van der Waals surface area (Å²) in [6.45, 7) is 8.00. The predicted molar refractivity (Wildman–Crippen MR) is 210 cm³/mol. The molecule has 284 valence electrons. The molecule has 10 nitrogen and oxygen atoms in total. The van der Waals surface area contributed by atoms with E-state index in [4.69, 9.17) is 9.11 Å². The minimum absolute atomic E-state index is 0.715. The monoisotopic (exact) mass is 750 g/mol. The molecule has 0 aliphatic carbocycles. The van der Waals surface area contributed by atoms with Gasteiger partial charge in [-0.15, -0.1) is 0 Å². The number of methoxy groups -OCH3 is 2. The molecule has 0 amide bonds. The van der Waals surface area contributed by atoms with Crippen molar-refractivity contribution in [1.29, 1.82) is 0 Å². The van der Waals surface area contributed by atoms with Crippen molar-refractivity contribution in [1.82, 2.24) is 0 Å². The Morgan fingerprint density at radius 2 is 0.327 bits per heavy atom. The van der Waals surface area contributed by atoms with Crippen molar-refractivity contribution in [3.63, 3.8) is 0 Å². The van der Waals surface area contributed by atoms with E-state index in [-0.39, 0.29) is 0 Å². The Morgan fingerprint density at radius 1 is 0.306 bits per heavy atom. The molecular formula is C36H62O10S3. The minimum Gasteiger partial charge on any atom is -0.388 e. The van der Waals surface area contributed by atoms with E-state index in [1.165, 1.54) is 0 Å². The summed E-state index contributed by atoms with van der Waals surface area (Å²) in [5.41, 5.74) is 0. The number of ether oxygens (including phenoxy) is 2. The van der Waals surface area contributed by atoms with Crippen molar-refractivity contribution in [2.75, 3.05) is 53.5 Å². The fourth-order valence-corrected chi connectivity index (χ4v) is 1.54. The Hall–Kier alpha value is -3.43. The van der Waals surface area contributed by atoms with Crippen molar-refractivity contribution in [2.24, 2.45) is 0 Å². The lowest BCUT2D eigenvalue weighted by molar-refractivity contribution is 0.277. The summed E-state index contributed by atoms with van der Waals surface area (Å²) >= 11 is 0. The lowest BCUT2D eigenvalue weighted by atomic mass is 10.4. The van der Waals surface area contributed by atoms with Crippen molar-refractivity contribution in [3.8, 4) is 0 Å². The van der Waals surface area contributed by atoms with Gasteiger partial charge in [-0.1, -0.05) is 173 Å². The first-order valence-corrected chi connectivity index (χ1v) is 20.6. The minimum atomic E-state index is -3.67. The lowest BCUT2D eigenvalue weighted by Crippen LogP contribution is -1.88. The van der Waals surface area contributed by atoms with Crippen LogP contribution >= 0.6 is 0 Å². The molecule has 4 aromatic rings. The Labute approximate surface area is 299 Å². The van der Waals surface area contributed by atoms with E-state index in [2.05, 4.69) is 9.47 Å². The van der Waals surface area contributed by atoms with Crippen molar-refractivity contribution in [2.45, 2.75) is 27.7 Å². The van der Waals surface area contributed by atoms with E-state index in [1.807, 2.05) is 173 Å². The average Bonchev–Trinajstić information content (AvgIpc) is 3.06. The Kier molecular flexibility index (Phi) is 63.8. The fraction of sp³-hybridized carbons (Fsp3) is 0.333. The molecule has 0 fully saturated rings. The summed E-state index contributed by atoms with van der Waals surface area (Å²) in [5, 5.41) is 0. The van der Waals surface area contributed by atoms with Gasteiger partial charge in [0.2, 0.25) is 0 Å². The van der Waals surface area contributed by atoms with Gasteiger partial charge >= 0.3 is 0 Å². The van der Waals surface area contributed by atoms with Crippen molar-refractivity contribution in [3.05, 3.63) is 146 Å². The molecule has 4 rings (SSSR count). The average molecular weight is 751 g/mol.